The first kappa shape index (κ1) is 13.3. The van der Waals surface area contributed by atoms with Crippen LogP contribution in [0, 0.1) is 5.82 Å². The van der Waals surface area contributed by atoms with Gasteiger partial charge in [0.15, 0.2) is 0 Å². The number of nitrogens with one attached hydrogen (secondary N) is 2. The molecule has 0 bridgehead atoms. The Hall–Kier alpha value is -1.79. The van der Waals surface area contributed by atoms with E-state index in [0.717, 1.165) is 0 Å². The molecule has 0 unspecified atom stereocenters. The van der Waals surface area contributed by atoms with Crippen LogP contribution in [0.4, 0.5) is 23.2 Å². The maximum absolute atomic E-state index is 12.5. The van der Waals surface area contributed by atoms with Gasteiger partial charge >= 0.3 is 6.18 Å². The first-order valence-electron chi connectivity index (χ1n) is 4.70. The standard InChI is InChI=1S/C10H10F4N2O/c11-7-1-3-8(4-2-7)15-5-9(17)16-6-10(12,13)14/h1-4,15H,5-6H2,(H,16,17). The van der Waals surface area contributed by atoms with Crippen LogP contribution >= 0.6 is 0 Å². The van der Waals surface area contributed by atoms with Crippen LogP contribution in [0.15, 0.2) is 24.3 Å². The lowest BCUT2D eigenvalue weighted by Gasteiger charge is -2.09. The smallest absolute Gasteiger partial charge is 0.376 e. The van der Waals surface area contributed by atoms with Crippen molar-refractivity contribution in [1.29, 1.82) is 0 Å². The molecule has 1 aromatic carbocycles. The van der Waals surface area contributed by atoms with Crippen LogP contribution in [0.3, 0.4) is 0 Å². The third kappa shape index (κ3) is 5.74. The number of anilines is 1. The molecule has 1 amide bonds. The van der Waals surface area contributed by atoms with Crippen LogP contribution in [0.5, 0.6) is 0 Å². The van der Waals surface area contributed by atoms with E-state index >= 15 is 0 Å². The van der Waals surface area contributed by atoms with Crippen LogP contribution in [0.2, 0.25) is 0 Å². The molecule has 2 N–H and O–H groups in total. The second-order valence-corrected chi connectivity index (χ2v) is 3.25. The summed E-state index contributed by atoms with van der Waals surface area (Å²) in [7, 11) is 0. The van der Waals surface area contributed by atoms with E-state index in [1.807, 2.05) is 0 Å². The van der Waals surface area contributed by atoms with Gasteiger partial charge in [-0.25, -0.2) is 4.39 Å². The molecule has 0 fully saturated rings. The molecule has 1 rings (SSSR count). The van der Waals surface area contributed by atoms with Crippen LogP contribution in [-0.4, -0.2) is 25.2 Å². The van der Waals surface area contributed by atoms with Gasteiger partial charge in [-0.1, -0.05) is 0 Å². The van der Waals surface area contributed by atoms with Gasteiger partial charge in [0.1, 0.15) is 12.4 Å². The Morgan fingerprint density at radius 3 is 2.29 bits per heavy atom. The van der Waals surface area contributed by atoms with Crippen LogP contribution in [-0.2, 0) is 4.79 Å². The lowest BCUT2D eigenvalue weighted by molar-refractivity contribution is -0.137. The first-order valence-corrected chi connectivity index (χ1v) is 4.70. The summed E-state index contributed by atoms with van der Waals surface area (Å²) in [6.07, 6.45) is -4.43. The van der Waals surface area contributed by atoms with Crippen molar-refractivity contribution in [1.82, 2.24) is 5.32 Å². The number of rotatable bonds is 4. The molecular weight excluding hydrogens is 240 g/mol. The van der Waals surface area contributed by atoms with Crippen molar-refractivity contribution in [3.63, 3.8) is 0 Å². The van der Waals surface area contributed by atoms with Crippen LogP contribution < -0.4 is 10.6 Å². The Labute approximate surface area is 94.8 Å². The van der Waals surface area contributed by atoms with Gasteiger partial charge in [-0.05, 0) is 24.3 Å². The molecule has 0 spiro atoms. The van der Waals surface area contributed by atoms with Crippen LogP contribution in [0.25, 0.3) is 0 Å². The van der Waals surface area contributed by atoms with E-state index in [2.05, 4.69) is 5.32 Å². The van der Waals surface area contributed by atoms with E-state index in [9.17, 15) is 22.4 Å². The lowest BCUT2D eigenvalue weighted by atomic mass is 10.3. The summed E-state index contributed by atoms with van der Waals surface area (Å²) < 4.78 is 47.7. The molecule has 0 aliphatic rings. The molecule has 0 saturated heterocycles. The molecular formula is C10H10F4N2O. The molecule has 0 radical (unpaired) electrons. The fourth-order valence-corrected chi connectivity index (χ4v) is 1.01. The average molecular weight is 250 g/mol. The molecule has 0 saturated carbocycles. The quantitative estimate of drug-likeness (QED) is 0.801. The van der Waals surface area contributed by atoms with Crippen molar-refractivity contribution in [3.05, 3.63) is 30.1 Å². The van der Waals surface area contributed by atoms with Gasteiger partial charge in [0, 0.05) is 5.69 Å². The molecule has 7 heteroatoms. The number of benzene rings is 1. The predicted octanol–water partition coefficient (Wildman–Crippen LogP) is 1.92. The van der Waals surface area contributed by atoms with E-state index in [0.29, 0.717) is 5.69 Å². The molecule has 17 heavy (non-hydrogen) atoms. The molecule has 0 aromatic heterocycles. The number of halogens is 4. The minimum Gasteiger partial charge on any atom is -0.376 e. The molecule has 0 aliphatic heterocycles. The van der Waals surface area contributed by atoms with Gasteiger partial charge in [-0.2, -0.15) is 13.2 Å². The molecule has 1 aromatic rings. The second kappa shape index (κ2) is 5.51. The third-order valence-electron chi connectivity index (χ3n) is 1.78. The number of carbonyl (C=O) groups is 1. The van der Waals surface area contributed by atoms with Gasteiger partial charge < -0.3 is 10.6 Å². The highest BCUT2D eigenvalue weighted by atomic mass is 19.4. The van der Waals surface area contributed by atoms with Gasteiger partial charge in [0.25, 0.3) is 0 Å². The maximum Gasteiger partial charge on any atom is 0.405 e. The van der Waals surface area contributed by atoms with Crippen molar-refractivity contribution in [2.24, 2.45) is 0 Å². The topological polar surface area (TPSA) is 41.1 Å². The Bertz CT molecular complexity index is 375. The molecule has 94 valence electrons. The zero-order valence-electron chi connectivity index (χ0n) is 8.64. The Morgan fingerprint density at radius 2 is 1.76 bits per heavy atom. The summed E-state index contributed by atoms with van der Waals surface area (Å²) in [6, 6.07) is 5.12. The van der Waals surface area contributed by atoms with Crippen molar-refractivity contribution in [2.45, 2.75) is 6.18 Å². The van der Waals surface area contributed by atoms with Gasteiger partial charge in [0.05, 0.1) is 6.54 Å². The first-order chi connectivity index (χ1) is 7.87. The summed E-state index contributed by atoms with van der Waals surface area (Å²) in [4.78, 5) is 11.0. The van der Waals surface area contributed by atoms with Crippen molar-refractivity contribution >= 4 is 11.6 Å². The van der Waals surface area contributed by atoms with E-state index in [1.54, 1.807) is 5.32 Å². The number of alkyl halides is 3. The highest BCUT2D eigenvalue weighted by molar-refractivity contribution is 5.80. The van der Waals surface area contributed by atoms with E-state index < -0.39 is 24.4 Å². The molecule has 0 atom stereocenters. The number of carbonyl (C=O) groups excluding carboxylic acids is 1. The maximum atomic E-state index is 12.5. The van der Waals surface area contributed by atoms with Crippen molar-refractivity contribution < 1.29 is 22.4 Å². The monoisotopic (exact) mass is 250 g/mol. The SMILES string of the molecule is O=C(CNc1ccc(F)cc1)NCC(F)(F)F. The van der Waals surface area contributed by atoms with Gasteiger partial charge in [-0.15, -0.1) is 0 Å². The van der Waals surface area contributed by atoms with Gasteiger partial charge in [-0.3, -0.25) is 4.79 Å². The lowest BCUT2D eigenvalue weighted by Crippen LogP contribution is -2.37. The summed E-state index contributed by atoms with van der Waals surface area (Å²) in [5, 5.41) is 4.27. The van der Waals surface area contributed by atoms with Crippen molar-refractivity contribution in [3.8, 4) is 0 Å². The Morgan fingerprint density at radius 1 is 1.18 bits per heavy atom. The number of hydrogen-bond donors (Lipinski definition) is 2. The van der Waals surface area contributed by atoms with E-state index in [4.69, 9.17) is 0 Å². The molecule has 0 heterocycles. The Kier molecular flexibility index (Phi) is 4.30. The van der Waals surface area contributed by atoms with Gasteiger partial charge in [0.2, 0.25) is 5.91 Å². The fraction of sp³-hybridized carbons (Fsp3) is 0.300. The molecule has 0 aliphatic carbocycles. The Balaban J connectivity index is 2.31. The highest BCUT2D eigenvalue weighted by Gasteiger charge is 2.27. The highest BCUT2D eigenvalue weighted by Crippen LogP contribution is 2.12. The van der Waals surface area contributed by atoms with E-state index in [-0.39, 0.29) is 6.54 Å². The van der Waals surface area contributed by atoms with E-state index in [1.165, 1.54) is 24.3 Å². The average Bonchev–Trinajstić information content (AvgIpc) is 2.25. The summed E-state index contributed by atoms with van der Waals surface area (Å²) in [5.41, 5.74) is 0.452. The largest absolute Gasteiger partial charge is 0.405 e. The zero-order valence-corrected chi connectivity index (χ0v) is 8.64. The number of amides is 1. The fourth-order valence-electron chi connectivity index (χ4n) is 1.01. The van der Waals surface area contributed by atoms with Crippen molar-refractivity contribution in [2.75, 3.05) is 18.4 Å². The minimum absolute atomic E-state index is 0.304. The zero-order chi connectivity index (χ0) is 12.9. The van der Waals surface area contributed by atoms with Crippen LogP contribution in [0.1, 0.15) is 0 Å². The normalized spacial score (nSPS) is 11.1. The summed E-state index contributed by atoms with van der Waals surface area (Å²) in [6.45, 7) is -1.67. The predicted molar refractivity (Wildman–Crippen MR) is 54.0 cm³/mol. The third-order valence-corrected chi connectivity index (χ3v) is 1.78. The number of hydrogen-bond acceptors (Lipinski definition) is 2. The second-order valence-electron chi connectivity index (χ2n) is 3.25. The summed E-state index contributed by atoms with van der Waals surface area (Å²) >= 11 is 0. The minimum atomic E-state index is -4.43. The summed E-state index contributed by atoms with van der Waals surface area (Å²) in [5.74, 6) is -1.22. The molecule has 3 nitrogen and oxygen atoms in total.